The monoisotopic (exact) mass is 362 g/mol. The lowest BCUT2D eigenvalue weighted by Crippen LogP contribution is -2.58. The molecule has 0 aromatic heterocycles. The molecular weight excluding hydrogens is 339 g/mol. The van der Waals surface area contributed by atoms with Crippen molar-refractivity contribution in [1.82, 2.24) is 4.31 Å². The first-order valence-corrected chi connectivity index (χ1v) is 10.0. The van der Waals surface area contributed by atoms with Gasteiger partial charge in [0.1, 0.15) is 5.82 Å². The SMILES string of the molecule is CC1CN(S(=O)(=O)Cc2ccc(F)cc2)CC(C)N1c1ccccc1. The maximum Gasteiger partial charge on any atom is 0.218 e. The zero-order valence-corrected chi connectivity index (χ0v) is 15.3. The summed E-state index contributed by atoms with van der Waals surface area (Å²) in [5.74, 6) is -0.460. The van der Waals surface area contributed by atoms with Crippen molar-refractivity contribution in [2.24, 2.45) is 0 Å². The number of halogens is 1. The number of hydrogen-bond acceptors (Lipinski definition) is 3. The van der Waals surface area contributed by atoms with E-state index >= 15 is 0 Å². The fourth-order valence-corrected chi connectivity index (χ4v) is 5.18. The number of hydrogen-bond donors (Lipinski definition) is 0. The van der Waals surface area contributed by atoms with E-state index in [-0.39, 0.29) is 23.7 Å². The van der Waals surface area contributed by atoms with Crippen molar-refractivity contribution < 1.29 is 12.8 Å². The summed E-state index contributed by atoms with van der Waals surface area (Å²) in [6, 6.07) is 15.9. The van der Waals surface area contributed by atoms with Crippen LogP contribution in [0.1, 0.15) is 19.4 Å². The Labute approximate surface area is 148 Å². The van der Waals surface area contributed by atoms with Crippen molar-refractivity contribution >= 4 is 15.7 Å². The minimum absolute atomic E-state index is 0.0779. The van der Waals surface area contributed by atoms with Gasteiger partial charge in [0.2, 0.25) is 10.0 Å². The lowest BCUT2D eigenvalue weighted by Gasteiger charge is -2.45. The lowest BCUT2D eigenvalue weighted by atomic mass is 10.1. The second kappa shape index (κ2) is 7.14. The molecule has 1 saturated heterocycles. The van der Waals surface area contributed by atoms with Crippen LogP contribution in [0, 0.1) is 5.82 Å². The molecule has 6 heteroatoms. The first-order valence-electron chi connectivity index (χ1n) is 8.42. The summed E-state index contributed by atoms with van der Waals surface area (Å²) in [7, 11) is -3.44. The number of para-hydroxylation sites is 1. The predicted molar refractivity (Wildman–Crippen MR) is 98.4 cm³/mol. The van der Waals surface area contributed by atoms with E-state index in [4.69, 9.17) is 0 Å². The molecule has 2 unspecified atom stereocenters. The van der Waals surface area contributed by atoms with E-state index in [1.165, 1.54) is 24.3 Å². The molecule has 1 fully saturated rings. The van der Waals surface area contributed by atoms with Gasteiger partial charge in [-0.15, -0.1) is 0 Å². The Kier molecular flexibility index (Phi) is 5.11. The summed E-state index contributed by atoms with van der Waals surface area (Å²) in [6.45, 7) is 4.98. The molecule has 4 nitrogen and oxygen atoms in total. The largest absolute Gasteiger partial charge is 0.363 e. The molecular formula is C19H23FN2O2S. The van der Waals surface area contributed by atoms with Crippen molar-refractivity contribution in [2.45, 2.75) is 31.7 Å². The summed E-state index contributed by atoms with van der Waals surface area (Å²) in [5, 5.41) is 0. The van der Waals surface area contributed by atoms with E-state index in [9.17, 15) is 12.8 Å². The third kappa shape index (κ3) is 4.02. The van der Waals surface area contributed by atoms with Gasteiger partial charge in [0, 0.05) is 30.9 Å². The minimum atomic E-state index is -3.44. The second-order valence-electron chi connectivity index (χ2n) is 6.64. The van der Waals surface area contributed by atoms with Crippen LogP contribution in [0.5, 0.6) is 0 Å². The number of anilines is 1. The van der Waals surface area contributed by atoms with Gasteiger partial charge >= 0.3 is 0 Å². The second-order valence-corrected chi connectivity index (χ2v) is 8.61. The van der Waals surface area contributed by atoms with E-state index in [0.29, 0.717) is 18.7 Å². The highest BCUT2D eigenvalue weighted by Gasteiger charge is 2.35. The summed E-state index contributed by atoms with van der Waals surface area (Å²) >= 11 is 0. The molecule has 134 valence electrons. The van der Waals surface area contributed by atoms with Crippen LogP contribution in [0.4, 0.5) is 10.1 Å². The van der Waals surface area contributed by atoms with Gasteiger partial charge in [0.05, 0.1) is 5.75 Å². The third-order valence-electron chi connectivity index (χ3n) is 4.60. The van der Waals surface area contributed by atoms with Crippen molar-refractivity contribution in [1.29, 1.82) is 0 Å². The van der Waals surface area contributed by atoms with Gasteiger partial charge in [0.15, 0.2) is 0 Å². The summed E-state index contributed by atoms with van der Waals surface area (Å²) in [6.07, 6.45) is 0. The molecule has 0 bridgehead atoms. The van der Waals surface area contributed by atoms with Gasteiger partial charge in [0.25, 0.3) is 0 Å². The van der Waals surface area contributed by atoms with E-state index in [1.54, 1.807) is 4.31 Å². The molecule has 2 aromatic rings. The standard InChI is InChI=1S/C19H23FN2O2S/c1-15-12-21(13-16(2)22(15)19-6-4-3-5-7-19)25(23,24)14-17-8-10-18(20)11-9-17/h3-11,15-16H,12-14H2,1-2H3. The summed E-state index contributed by atoms with van der Waals surface area (Å²) < 4.78 is 40.2. The van der Waals surface area contributed by atoms with Gasteiger partial charge < -0.3 is 4.90 Å². The fourth-order valence-electron chi connectivity index (χ4n) is 3.49. The molecule has 0 saturated carbocycles. The Balaban J connectivity index is 1.75. The van der Waals surface area contributed by atoms with Gasteiger partial charge in [-0.2, -0.15) is 4.31 Å². The molecule has 2 atom stereocenters. The Hall–Kier alpha value is -1.92. The maximum atomic E-state index is 13.0. The summed E-state index contributed by atoms with van der Waals surface area (Å²) in [5.41, 5.74) is 1.71. The molecule has 0 radical (unpaired) electrons. The van der Waals surface area contributed by atoms with Crippen molar-refractivity contribution in [3.8, 4) is 0 Å². The molecule has 1 aliphatic rings. The number of piperazine rings is 1. The Morgan fingerprint density at radius 3 is 2.08 bits per heavy atom. The molecule has 0 amide bonds. The van der Waals surface area contributed by atoms with Crippen LogP contribution >= 0.6 is 0 Å². The zero-order valence-electron chi connectivity index (χ0n) is 14.5. The maximum absolute atomic E-state index is 13.0. The highest BCUT2D eigenvalue weighted by Crippen LogP contribution is 2.26. The van der Waals surface area contributed by atoms with Gasteiger partial charge in [-0.1, -0.05) is 30.3 Å². The van der Waals surface area contributed by atoms with Crippen LogP contribution in [-0.4, -0.2) is 37.9 Å². The van der Waals surface area contributed by atoms with Gasteiger partial charge in [-0.3, -0.25) is 0 Å². The summed E-state index contributed by atoms with van der Waals surface area (Å²) in [4.78, 5) is 2.27. The quantitative estimate of drug-likeness (QED) is 0.838. The topological polar surface area (TPSA) is 40.6 Å². The average molecular weight is 362 g/mol. The number of nitrogens with zero attached hydrogens (tertiary/aromatic N) is 2. The van der Waals surface area contributed by atoms with E-state index < -0.39 is 10.0 Å². The number of benzene rings is 2. The zero-order chi connectivity index (χ0) is 18.0. The average Bonchev–Trinajstić information content (AvgIpc) is 2.57. The fraction of sp³-hybridized carbons (Fsp3) is 0.368. The molecule has 25 heavy (non-hydrogen) atoms. The van der Waals surface area contributed by atoms with Crippen molar-refractivity contribution in [3.63, 3.8) is 0 Å². The van der Waals surface area contributed by atoms with E-state index in [1.807, 2.05) is 32.0 Å². The van der Waals surface area contributed by atoms with E-state index in [2.05, 4.69) is 17.0 Å². The molecule has 0 aliphatic carbocycles. The smallest absolute Gasteiger partial charge is 0.218 e. The predicted octanol–water partition coefficient (Wildman–Crippen LogP) is 3.25. The van der Waals surface area contributed by atoms with Crippen LogP contribution in [0.2, 0.25) is 0 Å². The van der Waals surface area contributed by atoms with Gasteiger partial charge in [-0.25, -0.2) is 12.8 Å². The normalized spacial score (nSPS) is 22.1. The molecule has 0 N–H and O–H groups in total. The van der Waals surface area contributed by atoms with E-state index in [0.717, 1.165) is 5.69 Å². The molecule has 1 heterocycles. The lowest BCUT2D eigenvalue weighted by molar-refractivity contribution is 0.301. The Morgan fingerprint density at radius 2 is 1.52 bits per heavy atom. The van der Waals surface area contributed by atoms with Crippen molar-refractivity contribution in [2.75, 3.05) is 18.0 Å². The number of sulfonamides is 1. The third-order valence-corrected chi connectivity index (χ3v) is 6.38. The Bertz CT molecular complexity index is 797. The molecule has 0 spiro atoms. The van der Waals surface area contributed by atoms with Crippen LogP contribution in [0.3, 0.4) is 0 Å². The van der Waals surface area contributed by atoms with Crippen LogP contribution in [0.15, 0.2) is 54.6 Å². The highest BCUT2D eigenvalue weighted by atomic mass is 32.2. The molecule has 3 rings (SSSR count). The minimum Gasteiger partial charge on any atom is -0.363 e. The highest BCUT2D eigenvalue weighted by molar-refractivity contribution is 7.88. The number of rotatable bonds is 4. The molecule has 1 aliphatic heterocycles. The first kappa shape index (κ1) is 17.9. The van der Waals surface area contributed by atoms with Crippen molar-refractivity contribution in [3.05, 3.63) is 66.0 Å². The van der Waals surface area contributed by atoms with Gasteiger partial charge in [-0.05, 0) is 43.7 Å². The first-order chi connectivity index (χ1) is 11.9. The van der Waals surface area contributed by atoms with Crippen LogP contribution in [0.25, 0.3) is 0 Å². The van der Waals surface area contributed by atoms with Crippen LogP contribution < -0.4 is 4.90 Å². The molecule has 2 aromatic carbocycles. The van der Waals surface area contributed by atoms with Crippen LogP contribution in [-0.2, 0) is 15.8 Å². The Morgan fingerprint density at radius 1 is 0.960 bits per heavy atom.